The lowest BCUT2D eigenvalue weighted by atomic mass is 10.0. The van der Waals surface area contributed by atoms with Crippen molar-refractivity contribution >= 4 is 41.0 Å². The molecule has 0 radical (unpaired) electrons. The molecule has 2 aromatic carbocycles. The summed E-state index contributed by atoms with van der Waals surface area (Å²) in [6, 6.07) is 12.3. The van der Waals surface area contributed by atoms with Crippen molar-refractivity contribution < 1.29 is 9.18 Å². The van der Waals surface area contributed by atoms with Gasteiger partial charge in [-0.1, -0.05) is 49.0 Å². The Morgan fingerprint density at radius 3 is 2.61 bits per heavy atom. The van der Waals surface area contributed by atoms with E-state index in [4.69, 9.17) is 11.6 Å². The van der Waals surface area contributed by atoms with Crippen LogP contribution in [-0.4, -0.2) is 18.3 Å². The minimum absolute atomic E-state index is 0.0766. The molecule has 1 aliphatic heterocycles. The molecule has 0 aliphatic carbocycles. The molecule has 0 aromatic heterocycles. The van der Waals surface area contributed by atoms with Crippen LogP contribution in [0.15, 0.2) is 89.1 Å². The zero-order valence-electron chi connectivity index (χ0n) is 14.8. The van der Waals surface area contributed by atoms with Gasteiger partial charge < -0.3 is 5.32 Å². The van der Waals surface area contributed by atoms with Crippen LogP contribution in [0.5, 0.6) is 0 Å². The van der Waals surface area contributed by atoms with E-state index in [2.05, 4.69) is 28.2 Å². The van der Waals surface area contributed by atoms with Crippen LogP contribution >= 0.6 is 23.5 Å². The summed E-state index contributed by atoms with van der Waals surface area (Å²) in [4.78, 5) is 18.2. The van der Waals surface area contributed by atoms with E-state index in [1.165, 1.54) is 18.0 Å². The summed E-state index contributed by atoms with van der Waals surface area (Å²) in [5, 5.41) is 3.51. The fourth-order valence-corrected chi connectivity index (χ4v) is 3.53. The number of halogens is 2. The average Bonchev–Trinajstić information content (AvgIpc) is 2.73. The maximum atomic E-state index is 13.7. The molecule has 0 unspecified atom stereocenters. The zero-order valence-corrected chi connectivity index (χ0v) is 16.4. The predicted octanol–water partition coefficient (Wildman–Crippen LogP) is 5.54. The molecule has 2 aromatic rings. The summed E-state index contributed by atoms with van der Waals surface area (Å²) in [7, 11) is 0. The molecule has 28 heavy (non-hydrogen) atoms. The molecule has 4 nitrogen and oxygen atoms in total. The van der Waals surface area contributed by atoms with Crippen molar-refractivity contribution in [1.29, 1.82) is 0 Å². The molecule has 0 amide bonds. The van der Waals surface area contributed by atoms with Gasteiger partial charge in [0.25, 0.3) is 0 Å². The molecule has 1 aliphatic rings. The lowest BCUT2D eigenvalue weighted by Gasteiger charge is -2.22. The van der Waals surface area contributed by atoms with E-state index in [9.17, 15) is 9.18 Å². The first kappa shape index (κ1) is 19.9. The van der Waals surface area contributed by atoms with Crippen LogP contribution in [0, 0.1) is 0 Å². The first-order valence-electron chi connectivity index (χ1n) is 8.35. The van der Waals surface area contributed by atoms with Gasteiger partial charge in [-0.05, 0) is 42.3 Å². The number of hydrogen-bond donors (Lipinski definition) is 2. The highest BCUT2D eigenvalue weighted by Gasteiger charge is 2.22. The molecule has 0 saturated carbocycles. The Bertz CT molecular complexity index is 1020. The summed E-state index contributed by atoms with van der Waals surface area (Å²) in [6.45, 7) is 7.08. The van der Waals surface area contributed by atoms with Gasteiger partial charge in [-0.2, -0.15) is 0 Å². The summed E-state index contributed by atoms with van der Waals surface area (Å²) in [6.07, 6.45) is 2.51. The number of guanidine groups is 1. The van der Waals surface area contributed by atoms with Gasteiger partial charge in [0.15, 0.2) is 5.78 Å². The number of allylic oxidation sites excluding steroid dienone is 2. The van der Waals surface area contributed by atoms with Crippen molar-refractivity contribution in [3.63, 3.8) is 0 Å². The van der Waals surface area contributed by atoms with Crippen molar-refractivity contribution in [2.45, 2.75) is 4.90 Å². The highest BCUT2D eigenvalue weighted by atomic mass is 35.5. The molecule has 142 valence electrons. The minimum atomic E-state index is -0.474. The van der Waals surface area contributed by atoms with Gasteiger partial charge in [0.1, 0.15) is 5.83 Å². The van der Waals surface area contributed by atoms with Crippen molar-refractivity contribution in [2.75, 3.05) is 11.9 Å². The van der Waals surface area contributed by atoms with E-state index in [0.29, 0.717) is 33.4 Å². The molecule has 0 spiro atoms. The van der Waals surface area contributed by atoms with Crippen molar-refractivity contribution in [3.8, 4) is 0 Å². The molecule has 7 heteroatoms. The number of rotatable bonds is 6. The average molecular weight is 414 g/mol. The van der Waals surface area contributed by atoms with Crippen LogP contribution in [0.2, 0.25) is 5.02 Å². The van der Waals surface area contributed by atoms with E-state index in [0.717, 1.165) is 11.0 Å². The highest BCUT2D eigenvalue weighted by molar-refractivity contribution is 7.98. The molecular formula is C21H17ClFN3OS. The fourth-order valence-electron chi connectivity index (χ4n) is 2.58. The first-order valence-corrected chi connectivity index (χ1v) is 9.54. The summed E-state index contributed by atoms with van der Waals surface area (Å²) >= 11 is 7.50. The van der Waals surface area contributed by atoms with Crippen molar-refractivity contribution in [2.24, 2.45) is 4.99 Å². The summed E-state index contributed by atoms with van der Waals surface area (Å²) in [5.74, 6) is -0.257. The highest BCUT2D eigenvalue weighted by Crippen LogP contribution is 2.34. The normalized spacial score (nSPS) is 15.0. The van der Waals surface area contributed by atoms with Gasteiger partial charge >= 0.3 is 0 Å². The van der Waals surface area contributed by atoms with Crippen LogP contribution < -0.4 is 10.0 Å². The van der Waals surface area contributed by atoms with Gasteiger partial charge in [-0.25, -0.2) is 9.38 Å². The number of aliphatic imine (C=N–C) groups is 1. The zero-order chi connectivity index (χ0) is 20.1. The number of nitrogens with zero attached hydrogens (tertiary/aromatic N) is 1. The Labute approximate surface area is 172 Å². The number of anilines is 1. The summed E-state index contributed by atoms with van der Waals surface area (Å²) < 4.78 is 16.7. The molecule has 0 saturated heterocycles. The maximum absolute atomic E-state index is 13.7. The number of nitrogens with one attached hydrogen (secondary N) is 2. The van der Waals surface area contributed by atoms with Crippen molar-refractivity contribution in [3.05, 3.63) is 95.3 Å². The Kier molecular flexibility index (Phi) is 6.34. The number of para-hydroxylation sites is 1. The number of ketones is 1. The first-order chi connectivity index (χ1) is 13.5. The molecule has 1 heterocycles. The second-order valence-corrected chi connectivity index (χ2v) is 7.02. The molecule has 0 bridgehead atoms. The van der Waals surface area contributed by atoms with Crippen LogP contribution in [0.4, 0.5) is 10.1 Å². The largest absolute Gasteiger partial charge is 0.324 e. The van der Waals surface area contributed by atoms with E-state index in [1.54, 1.807) is 36.4 Å². The molecule has 2 N–H and O–H groups in total. The monoisotopic (exact) mass is 413 g/mol. The van der Waals surface area contributed by atoms with Gasteiger partial charge in [0.2, 0.25) is 5.96 Å². The number of fused-ring (bicyclic) bond motifs is 1. The molecule has 0 atom stereocenters. The Balaban J connectivity index is 1.92. The second-order valence-electron chi connectivity index (χ2n) is 5.76. The Morgan fingerprint density at radius 1 is 1.14 bits per heavy atom. The Hall–Kier alpha value is -2.83. The lowest BCUT2D eigenvalue weighted by Crippen LogP contribution is -2.31. The number of carbonyl (C=O) groups excluding carboxylic acids is 1. The van der Waals surface area contributed by atoms with Crippen LogP contribution in [0.3, 0.4) is 0 Å². The van der Waals surface area contributed by atoms with Gasteiger partial charge in [-0.3, -0.25) is 9.52 Å². The van der Waals surface area contributed by atoms with Crippen LogP contribution in [0.1, 0.15) is 15.9 Å². The van der Waals surface area contributed by atoms with E-state index >= 15 is 0 Å². The maximum Gasteiger partial charge on any atom is 0.206 e. The smallest absolute Gasteiger partial charge is 0.206 e. The third kappa shape index (κ3) is 4.18. The lowest BCUT2D eigenvalue weighted by molar-refractivity contribution is 0.103. The predicted molar refractivity (Wildman–Crippen MR) is 115 cm³/mol. The van der Waals surface area contributed by atoms with Crippen LogP contribution in [0.25, 0.3) is 0 Å². The van der Waals surface area contributed by atoms with E-state index in [-0.39, 0.29) is 12.3 Å². The van der Waals surface area contributed by atoms with E-state index < -0.39 is 5.83 Å². The number of benzene rings is 2. The molecule has 3 rings (SSSR count). The second kappa shape index (κ2) is 8.91. The molecular weight excluding hydrogens is 397 g/mol. The standard InChI is InChI=1S/C21H17ClFN3OS/c1-3-13(17(23)4-2)12-24-21-25-19-15(9-7-11-18(19)28-26-21)20(27)14-8-5-6-10-16(14)22/h3-11H,1-2,12H2,(H2,24,25,26)/b17-13-. The fraction of sp³-hybridized carbons (Fsp3) is 0.0476. The third-order valence-electron chi connectivity index (χ3n) is 4.03. The van der Waals surface area contributed by atoms with Crippen molar-refractivity contribution in [1.82, 2.24) is 4.72 Å². The SMILES string of the molecule is C=C/C(F)=C(\C=C)CN=C1NSc2cccc(C(=O)c3ccccc3Cl)c2N1. The summed E-state index contributed by atoms with van der Waals surface area (Å²) in [5.41, 5.74) is 1.85. The minimum Gasteiger partial charge on any atom is -0.324 e. The Morgan fingerprint density at radius 2 is 1.89 bits per heavy atom. The van der Waals surface area contributed by atoms with Gasteiger partial charge in [0.05, 0.1) is 22.2 Å². The molecule has 0 fully saturated rings. The van der Waals surface area contributed by atoms with Gasteiger partial charge in [0, 0.05) is 16.7 Å². The quantitative estimate of drug-likeness (QED) is 0.370. The number of carbonyl (C=O) groups is 1. The third-order valence-corrected chi connectivity index (χ3v) is 5.22. The number of hydrogen-bond acceptors (Lipinski definition) is 3. The van der Waals surface area contributed by atoms with E-state index in [1.807, 2.05) is 6.07 Å². The van der Waals surface area contributed by atoms with Crippen LogP contribution in [-0.2, 0) is 0 Å². The topological polar surface area (TPSA) is 53.5 Å². The van der Waals surface area contributed by atoms with Gasteiger partial charge in [-0.15, -0.1) is 0 Å².